The minimum Gasteiger partial charge on any atom is -0.465 e. The van der Waals surface area contributed by atoms with E-state index in [4.69, 9.17) is 9.15 Å². The molecule has 41 heavy (non-hydrogen) atoms. The number of hydrogen-bond acceptors (Lipinski definition) is 8. The van der Waals surface area contributed by atoms with Crippen LogP contribution in [0.15, 0.2) is 89.3 Å². The summed E-state index contributed by atoms with van der Waals surface area (Å²) >= 11 is 0. The summed E-state index contributed by atoms with van der Waals surface area (Å²) in [4.78, 5) is 52.8. The predicted molar refractivity (Wildman–Crippen MR) is 151 cm³/mol. The number of nitrogens with zero attached hydrogens (tertiary/aromatic N) is 3. The fourth-order valence-electron chi connectivity index (χ4n) is 4.64. The molecule has 4 aromatic rings. The minimum absolute atomic E-state index is 0.0146. The number of nitrogens with one attached hydrogen (secondary N) is 1. The van der Waals surface area contributed by atoms with Crippen molar-refractivity contribution in [2.45, 2.75) is 0 Å². The van der Waals surface area contributed by atoms with Crippen LogP contribution in [0.1, 0.15) is 31.3 Å². The highest BCUT2D eigenvalue weighted by Gasteiger charge is 2.25. The highest BCUT2D eigenvalue weighted by atomic mass is 16.6. The second-order valence-electron chi connectivity index (χ2n) is 9.29. The molecular weight excluding hydrogens is 528 g/mol. The standard InChI is InChI=1S/C30H26N4O7/c1-40-30(37)22-10-11-25(32-14-16-33(17-15-32)29(36)20-6-3-2-4-7-20)24(19-22)31-28(35)27-13-12-26(41-27)21-8-5-9-23(18-21)34(38)39/h2-13,18-19H,14-17H2,1H3,(H,31,35). The zero-order valence-corrected chi connectivity index (χ0v) is 22.1. The zero-order valence-electron chi connectivity index (χ0n) is 22.1. The molecule has 0 saturated carbocycles. The number of carbonyl (C=O) groups excluding carboxylic acids is 3. The maximum absolute atomic E-state index is 13.2. The largest absolute Gasteiger partial charge is 0.465 e. The van der Waals surface area contributed by atoms with E-state index in [1.165, 1.54) is 37.4 Å². The van der Waals surface area contributed by atoms with Gasteiger partial charge in [-0.2, -0.15) is 0 Å². The Bertz CT molecular complexity index is 1610. The van der Waals surface area contributed by atoms with Gasteiger partial charge in [0.1, 0.15) is 5.76 Å². The molecule has 1 aliphatic heterocycles. The fourth-order valence-corrected chi connectivity index (χ4v) is 4.64. The number of furan rings is 1. The van der Waals surface area contributed by atoms with E-state index in [-0.39, 0.29) is 22.9 Å². The average molecular weight is 555 g/mol. The number of piperazine rings is 1. The Morgan fingerprint density at radius 2 is 1.63 bits per heavy atom. The summed E-state index contributed by atoms with van der Waals surface area (Å²) in [6.07, 6.45) is 0. The predicted octanol–water partition coefficient (Wildman–Crippen LogP) is 4.86. The van der Waals surface area contributed by atoms with Crippen molar-refractivity contribution < 1.29 is 28.5 Å². The summed E-state index contributed by atoms with van der Waals surface area (Å²) in [5, 5.41) is 14.0. The minimum atomic E-state index is -0.567. The normalized spacial score (nSPS) is 13.0. The molecule has 3 aromatic carbocycles. The molecule has 11 heteroatoms. The van der Waals surface area contributed by atoms with Crippen molar-refractivity contribution in [2.75, 3.05) is 43.5 Å². The van der Waals surface area contributed by atoms with Crippen molar-refractivity contribution in [3.8, 4) is 11.3 Å². The van der Waals surface area contributed by atoms with E-state index in [2.05, 4.69) is 5.32 Å². The number of ether oxygens (including phenoxy) is 1. The summed E-state index contributed by atoms with van der Waals surface area (Å²) in [6.45, 7) is 1.97. The van der Waals surface area contributed by atoms with Crippen molar-refractivity contribution in [2.24, 2.45) is 0 Å². The Morgan fingerprint density at radius 3 is 2.34 bits per heavy atom. The van der Waals surface area contributed by atoms with Gasteiger partial charge in [0.25, 0.3) is 17.5 Å². The van der Waals surface area contributed by atoms with E-state index >= 15 is 0 Å². The van der Waals surface area contributed by atoms with Crippen LogP contribution in [0, 0.1) is 10.1 Å². The Kier molecular flexibility index (Phi) is 7.77. The molecule has 0 spiro atoms. The Balaban J connectivity index is 1.35. The van der Waals surface area contributed by atoms with Crippen LogP contribution >= 0.6 is 0 Å². The molecule has 0 radical (unpaired) electrons. The third-order valence-electron chi connectivity index (χ3n) is 6.77. The molecule has 1 fully saturated rings. The number of esters is 1. The summed E-state index contributed by atoms with van der Waals surface area (Å²) in [5.41, 5.74) is 2.27. The molecule has 2 heterocycles. The third kappa shape index (κ3) is 5.93. The molecule has 0 aliphatic carbocycles. The first-order chi connectivity index (χ1) is 19.8. The number of anilines is 2. The van der Waals surface area contributed by atoms with Crippen molar-refractivity contribution in [3.05, 3.63) is 112 Å². The molecule has 5 rings (SSSR count). The van der Waals surface area contributed by atoms with E-state index in [1.807, 2.05) is 23.1 Å². The molecule has 2 amide bonds. The molecule has 0 bridgehead atoms. The molecule has 11 nitrogen and oxygen atoms in total. The number of hydrogen-bond donors (Lipinski definition) is 1. The maximum Gasteiger partial charge on any atom is 0.337 e. The lowest BCUT2D eigenvalue weighted by Gasteiger charge is -2.37. The number of non-ortho nitro benzene ring substituents is 1. The summed E-state index contributed by atoms with van der Waals surface area (Å²) in [5.74, 6) is -0.892. The van der Waals surface area contributed by atoms with Crippen LogP contribution in [0.2, 0.25) is 0 Å². The van der Waals surface area contributed by atoms with Gasteiger partial charge in [0.2, 0.25) is 0 Å². The smallest absolute Gasteiger partial charge is 0.337 e. The van der Waals surface area contributed by atoms with Crippen molar-refractivity contribution in [1.82, 2.24) is 4.90 Å². The molecule has 1 saturated heterocycles. The zero-order chi connectivity index (χ0) is 28.9. The van der Waals surface area contributed by atoms with Crippen molar-refractivity contribution in [1.29, 1.82) is 0 Å². The van der Waals surface area contributed by atoms with Crippen LogP contribution < -0.4 is 10.2 Å². The molecule has 208 valence electrons. The van der Waals surface area contributed by atoms with Crippen molar-refractivity contribution in [3.63, 3.8) is 0 Å². The molecule has 1 aliphatic rings. The third-order valence-corrected chi connectivity index (χ3v) is 6.77. The summed E-state index contributed by atoms with van der Waals surface area (Å²) in [6, 6.07) is 22.9. The van der Waals surface area contributed by atoms with E-state index in [9.17, 15) is 24.5 Å². The van der Waals surface area contributed by atoms with E-state index < -0.39 is 16.8 Å². The highest BCUT2D eigenvalue weighted by Crippen LogP contribution is 2.31. The molecular formula is C30H26N4O7. The van der Waals surface area contributed by atoms with Gasteiger partial charge in [-0.3, -0.25) is 19.7 Å². The first-order valence-electron chi connectivity index (χ1n) is 12.8. The lowest BCUT2D eigenvalue weighted by atomic mass is 10.1. The molecule has 1 aromatic heterocycles. The van der Waals surface area contributed by atoms with Crippen LogP contribution in [0.25, 0.3) is 11.3 Å². The number of nitro benzene ring substituents is 1. The number of nitro groups is 1. The highest BCUT2D eigenvalue weighted by molar-refractivity contribution is 6.05. The maximum atomic E-state index is 13.2. The quantitative estimate of drug-likeness (QED) is 0.194. The van der Waals surface area contributed by atoms with Crippen LogP contribution in [-0.2, 0) is 4.74 Å². The van der Waals surface area contributed by atoms with Gasteiger partial charge >= 0.3 is 5.97 Å². The number of methoxy groups -OCH3 is 1. The summed E-state index contributed by atoms with van der Waals surface area (Å²) < 4.78 is 10.6. The van der Waals surface area contributed by atoms with Crippen LogP contribution in [0.5, 0.6) is 0 Å². The lowest BCUT2D eigenvalue weighted by Crippen LogP contribution is -2.49. The van der Waals surface area contributed by atoms with Crippen LogP contribution in [-0.4, -0.2) is 60.9 Å². The van der Waals surface area contributed by atoms with Gasteiger partial charge < -0.3 is 24.3 Å². The Morgan fingerprint density at radius 1 is 0.878 bits per heavy atom. The number of amides is 2. The van der Waals surface area contributed by atoms with Crippen molar-refractivity contribution >= 4 is 34.8 Å². The number of rotatable bonds is 7. The SMILES string of the molecule is COC(=O)c1ccc(N2CCN(C(=O)c3ccccc3)CC2)c(NC(=O)c2ccc(-c3cccc([N+](=O)[O-])c3)o2)c1. The van der Waals surface area contributed by atoms with E-state index in [0.29, 0.717) is 54.4 Å². The van der Waals surface area contributed by atoms with E-state index in [0.717, 1.165) is 0 Å². The number of benzene rings is 3. The average Bonchev–Trinajstić information content (AvgIpc) is 3.52. The monoisotopic (exact) mass is 554 g/mol. The lowest BCUT2D eigenvalue weighted by molar-refractivity contribution is -0.384. The second kappa shape index (κ2) is 11.7. The van der Waals surface area contributed by atoms with Gasteiger partial charge in [-0.1, -0.05) is 30.3 Å². The van der Waals surface area contributed by atoms with Gasteiger partial charge in [0.05, 0.1) is 29.0 Å². The Hall–Kier alpha value is -5.45. The summed E-state index contributed by atoms with van der Waals surface area (Å²) in [7, 11) is 1.27. The van der Waals surface area contributed by atoms with Gasteiger partial charge in [0.15, 0.2) is 5.76 Å². The van der Waals surface area contributed by atoms with Crippen LogP contribution in [0.3, 0.4) is 0 Å². The van der Waals surface area contributed by atoms with Gasteiger partial charge in [-0.25, -0.2) is 4.79 Å². The van der Waals surface area contributed by atoms with Gasteiger partial charge in [-0.15, -0.1) is 0 Å². The van der Waals surface area contributed by atoms with E-state index in [1.54, 1.807) is 41.3 Å². The first kappa shape index (κ1) is 27.1. The second-order valence-corrected chi connectivity index (χ2v) is 9.29. The van der Waals surface area contributed by atoms with Crippen LogP contribution in [0.4, 0.5) is 17.1 Å². The van der Waals surface area contributed by atoms with Gasteiger partial charge in [0, 0.05) is 49.4 Å². The topological polar surface area (TPSA) is 135 Å². The van der Waals surface area contributed by atoms with Gasteiger partial charge in [-0.05, 0) is 42.5 Å². The fraction of sp³-hybridized carbons (Fsp3) is 0.167. The molecule has 1 N–H and O–H groups in total. The molecule has 0 atom stereocenters. The number of carbonyl (C=O) groups is 3. The Labute approximate surface area is 235 Å². The molecule has 0 unspecified atom stereocenters. The first-order valence-corrected chi connectivity index (χ1v) is 12.8.